The summed E-state index contributed by atoms with van der Waals surface area (Å²) in [6.45, 7) is 0.221. The second kappa shape index (κ2) is 6.87. The van der Waals surface area contributed by atoms with E-state index >= 15 is 0 Å². The zero-order valence-electron chi connectivity index (χ0n) is 9.59. The van der Waals surface area contributed by atoms with Crippen molar-refractivity contribution >= 4 is 23.5 Å². The van der Waals surface area contributed by atoms with Crippen LogP contribution in [0.1, 0.15) is 16.9 Å². The minimum atomic E-state index is -1.14. The normalized spacial score (nSPS) is 11.9. The predicted octanol–water partition coefficient (Wildman–Crippen LogP) is 0.349. The quantitative estimate of drug-likeness (QED) is 0.775. The summed E-state index contributed by atoms with van der Waals surface area (Å²) < 4.78 is 4.77. The number of amides is 1. The number of aliphatic carboxylic acids is 1. The van der Waals surface area contributed by atoms with E-state index in [0.29, 0.717) is 0 Å². The number of ether oxygens (including phenoxy) is 1. The fourth-order valence-corrected chi connectivity index (χ4v) is 1.32. The van der Waals surface area contributed by atoms with Crippen LogP contribution in [0.25, 0.3) is 0 Å². The van der Waals surface area contributed by atoms with Crippen molar-refractivity contribution in [2.24, 2.45) is 0 Å². The van der Waals surface area contributed by atoms with Crippen molar-refractivity contribution < 1.29 is 19.4 Å². The summed E-state index contributed by atoms with van der Waals surface area (Å²) in [6.07, 6.45) is 2.64. The number of carboxylic acids is 1. The summed E-state index contributed by atoms with van der Waals surface area (Å²) in [7, 11) is 1.45. The fourth-order valence-electron chi connectivity index (χ4n) is 1.18. The Morgan fingerprint density at radius 2 is 2.28 bits per heavy atom. The van der Waals surface area contributed by atoms with Crippen LogP contribution in [0.2, 0.25) is 5.15 Å². The van der Waals surface area contributed by atoms with Gasteiger partial charge in [0.05, 0.1) is 12.4 Å². The molecule has 1 aromatic rings. The maximum absolute atomic E-state index is 11.7. The van der Waals surface area contributed by atoms with Crippen molar-refractivity contribution in [3.8, 4) is 0 Å². The summed E-state index contributed by atoms with van der Waals surface area (Å²) in [6, 6.07) is -1.04. The van der Waals surface area contributed by atoms with Crippen LogP contribution in [0, 0.1) is 0 Å². The van der Waals surface area contributed by atoms with Gasteiger partial charge in [0.2, 0.25) is 0 Å². The number of nitrogens with zero attached hydrogens (tertiary/aromatic N) is 2. The van der Waals surface area contributed by atoms with Crippen LogP contribution in [-0.2, 0) is 9.53 Å². The highest BCUT2D eigenvalue weighted by atomic mass is 35.5. The van der Waals surface area contributed by atoms with Crippen molar-refractivity contribution in [2.75, 3.05) is 13.7 Å². The molecule has 0 saturated carbocycles. The molecule has 1 heterocycles. The summed E-state index contributed by atoms with van der Waals surface area (Å²) in [5, 5.41) is 11.3. The third kappa shape index (κ3) is 4.27. The number of aromatic nitrogens is 2. The first-order valence-corrected chi connectivity index (χ1v) is 5.42. The molecule has 0 bridgehead atoms. The van der Waals surface area contributed by atoms with E-state index in [1.165, 1.54) is 19.5 Å². The number of methoxy groups -OCH3 is 1. The standard InChI is InChI=1S/C10H12ClN3O4/c1-18-3-2-6(10(16)17)14-9(15)7-4-12-5-8(11)13-7/h4-6H,2-3H2,1H3,(H,14,15)(H,16,17). The molecule has 8 heteroatoms. The molecule has 98 valence electrons. The molecule has 0 aliphatic carbocycles. The average molecular weight is 274 g/mol. The molecular weight excluding hydrogens is 262 g/mol. The van der Waals surface area contributed by atoms with Gasteiger partial charge in [-0.1, -0.05) is 11.6 Å². The van der Waals surface area contributed by atoms with Gasteiger partial charge in [0.15, 0.2) is 0 Å². The number of hydrogen-bond acceptors (Lipinski definition) is 5. The lowest BCUT2D eigenvalue weighted by Gasteiger charge is -2.13. The third-order valence-corrected chi connectivity index (χ3v) is 2.23. The van der Waals surface area contributed by atoms with Gasteiger partial charge in [-0.05, 0) is 0 Å². The van der Waals surface area contributed by atoms with E-state index in [9.17, 15) is 9.59 Å². The Hall–Kier alpha value is -1.73. The van der Waals surface area contributed by atoms with Gasteiger partial charge in [-0.25, -0.2) is 9.78 Å². The molecule has 0 spiro atoms. The van der Waals surface area contributed by atoms with Crippen LogP contribution in [-0.4, -0.2) is 46.7 Å². The molecule has 18 heavy (non-hydrogen) atoms. The first-order valence-electron chi connectivity index (χ1n) is 5.04. The lowest BCUT2D eigenvalue weighted by Crippen LogP contribution is -2.41. The molecule has 1 aromatic heterocycles. The van der Waals surface area contributed by atoms with Gasteiger partial charge in [0.25, 0.3) is 5.91 Å². The SMILES string of the molecule is COCCC(NC(=O)c1cncc(Cl)n1)C(=O)O. The van der Waals surface area contributed by atoms with Gasteiger partial charge in [0, 0.05) is 20.1 Å². The summed E-state index contributed by atoms with van der Waals surface area (Å²) >= 11 is 5.58. The molecule has 2 N–H and O–H groups in total. The largest absolute Gasteiger partial charge is 0.480 e. The third-order valence-electron chi connectivity index (χ3n) is 2.05. The van der Waals surface area contributed by atoms with Crippen LogP contribution < -0.4 is 5.32 Å². The number of carboxylic acid groups (broad SMARTS) is 1. The van der Waals surface area contributed by atoms with Gasteiger partial charge in [-0.2, -0.15) is 0 Å². The maximum atomic E-state index is 11.7. The van der Waals surface area contributed by atoms with E-state index in [2.05, 4.69) is 15.3 Å². The first kappa shape index (κ1) is 14.3. The summed E-state index contributed by atoms with van der Waals surface area (Å²) in [4.78, 5) is 30.0. The molecule has 0 aliphatic rings. The number of rotatable bonds is 6. The van der Waals surface area contributed by atoms with Crippen LogP contribution in [0.5, 0.6) is 0 Å². The first-order chi connectivity index (χ1) is 8.54. The number of carbonyl (C=O) groups is 2. The number of halogens is 1. The Morgan fingerprint density at radius 1 is 1.56 bits per heavy atom. The Bertz CT molecular complexity index is 441. The van der Waals surface area contributed by atoms with Crippen molar-refractivity contribution in [3.63, 3.8) is 0 Å². The molecule has 0 aromatic carbocycles. The fraction of sp³-hybridized carbons (Fsp3) is 0.400. The molecule has 0 fully saturated rings. The second-order valence-electron chi connectivity index (χ2n) is 3.37. The van der Waals surface area contributed by atoms with Gasteiger partial charge in [-0.15, -0.1) is 0 Å². The van der Waals surface area contributed by atoms with E-state index in [1.54, 1.807) is 0 Å². The highest BCUT2D eigenvalue weighted by Crippen LogP contribution is 2.03. The topological polar surface area (TPSA) is 101 Å². The number of nitrogens with one attached hydrogen (secondary N) is 1. The highest BCUT2D eigenvalue weighted by Gasteiger charge is 2.21. The van der Waals surface area contributed by atoms with Crippen LogP contribution in [0.3, 0.4) is 0 Å². The smallest absolute Gasteiger partial charge is 0.326 e. The van der Waals surface area contributed by atoms with E-state index in [-0.39, 0.29) is 23.9 Å². The van der Waals surface area contributed by atoms with Crippen LogP contribution in [0.4, 0.5) is 0 Å². The van der Waals surface area contributed by atoms with Gasteiger partial charge in [0.1, 0.15) is 16.9 Å². The molecular formula is C10H12ClN3O4. The molecule has 0 saturated heterocycles. The van der Waals surface area contributed by atoms with Gasteiger partial charge in [-0.3, -0.25) is 9.78 Å². The lowest BCUT2D eigenvalue weighted by atomic mass is 10.2. The van der Waals surface area contributed by atoms with Crippen LogP contribution >= 0.6 is 11.6 Å². The number of hydrogen-bond donors (Lipinski definition) is 2. The lowest BCUT2D eigenvalue weighted by molar-refractivity contribution is -0.139. The van der Waals surface area contributed by atoms with Crippen molar-refractivity contribution in [3.05, 3.63) is 23.2 Å². The van der Waals surface area contributed by atoms with Crippen molar-refractivity contribution in [2.45, 2.75) is 12.5 Å². The molecule has 1 amide bonds. The predicted molar refractivity (Wildman–Crippen MR) is 62.4 cm³/mol. The van der Waals surface area contributed by atoms with E-state index in [0.717, 1.165) is 0 Å². The molecule has 1 atom stereocenters. The highest BCUT2D eigenvalue weighted by molar-refractivity contribution is 6.29. The van der Waals surface area contributed by atoms with Crippen LogP contribution in [0.15, 0.2) is 12.4 Å². The Balaban J connectivity index is 2.69. The van der Waals surface area contributed by atoms with Crippen molar-refractivity contribution in [1.82, 2.24) is 15.3 Å². The summed E-state index contributed by atoms with van der Waals surface area (Å²) in [5.74, 6) is -1.79. The van der Waals surface area contributed by atoms with Gasteiger partial charge < -0.3 is 15.2 Å². The monoisotopic (exact) mass is 273 g/mol. The second-order valence-corrected chi connectivity index (χ2v) is 3.76. The zero-order valence-corrected chi connectivity index (χ0v) is 10.3. The molecule has 0 aliphatic heterocycles. The number of carbonyl (C=O) groups excluding carboxylic acids is 1. The maximum Gasteiger partial charge on any atom is 0.326 e. The summed E-state index contributed by atoms with van der Waals surface area (Å²) in [5.41, 5.74) is -0.0360. The minimum absolute atomic E-state index is 0.0360. The Labute approximate surface area is 108 Å². The minimum Gasteiger partial charge on any atom is -0.480 e. The van der Waals surface area contributed by atoms with E-state index in [4.69, 9.17) is 21.4 Å². The molecule has 0 radical (unpaired) electrons. The Kier molecular flexibility index (Phi) is 5.47. The zero-order chi connectivity index (χ0) is 13.5. The average Bonchev–Trinajstić information content (AvgIpc) is 2.33. The molecule has 1 unspecified atom stereocenters. The van der Waals surface area contributed by atoms with Crippen molar-refractivity contribution in [1.29, 1.82) is 0 Å². The van der Waals surface area contributed by atoms with E-state index < -0.39 is 17.9 Å². The van der Waals surface area contributed by atoms with E-state index in [1.807, 2.05) is 0 Å². The molecule has 1 rings (SSSR count). The molecule has 7 nitrogen and oxygen atoms in total. The Morgan fingerprint density at radius 3 is 2.83 bits per heavy atom. The van der Waals surface area contributed by atoms with Gasteiger partial charge >= 0.3 is 5.97 Å².